The molecule has 0 aliphatic heterocycles. The third-order valence-corrected chi connectivity index (χ3v) is 11.6. The number of esters is 1. The van der Waals surface area contributed by atoms with Crippen LogP contribution >= 0.6 is 11.8 Å². The van der Waals surface area contributed by atoms with E-state index in [1.54, 1.807) is 42.5 Å². The lowest BCUT2D eigenvalue weighted by molar-refractivity contribution is -0.777. The van der Waals surface area contributed by atoms with Gasteiger partial charge in [0.2, 0.25) is 10.0 Å². The Hall–Kier alpha value is -4.37. The molecule has 5 N–H and O–H groups in total. The largest absolute Gasteiger partial charge is 0.506 e. The van der Waals surface area contributed by atoms with Gasteiger partial charge in [-0.15, -0.1) is 4.68 Å². The molecule has 4 rings (SSSR count). The zero-order valence-corrected chi connectivity index (χ0v) is 33.8. The van der Waals surface area contributed by atoms with Crippen LogP contribution < -0.4 is 19.9 Å². The van der Waals surface area contributed by atoms with Gasteiger partial charge in [0.05, 0.1) is 23.6 Å². The quantitative estimate of drug-likeness (QED) is 0.0198. The molecule has 0 saturated heterocycles. The molecule has 0 radical (unpaired) electrons. The van der Waals surface area contributed by atoms with E-state index in [9.17, 15) is 23.1 Å². The van der Waals surface area contributed by atoms with E-state index in [4.69, 9.17) is 15.2 Å². The number of carbonyl (C=O) groups excluding carboxylic acids is 2. The highest BCUT2D eigenvalue weighted by molar-refractivity contribution is 7.98. The lowest BCUT2D eigenvalue weighted by atomic mass is 10.0. The highest BCUT2D eigenvalue weighted by atomic mass is 32.2. The first-order chi connectivity index (χ1) is 26.6. The first-order valence-corrected chi connectivity index (χ1v) is 22.2. The van der Waals surface area contributed by atoms with Crippen molar-refractivity contribution in [3.8, 4) is 17.2 Å². The summed E-state index contributed by atoms with van der Waals surface area (Å²) in [5, 5.41) is 22.6. The second-order valence-electron chi connectivity index (χ2n) is 13.8. The molecule has 0 atom stereocenters. The maximum absolute atomic E-state index is 13.5. The summed E-state index contributed by atoms with van der Waals surface area (Å²) in [4.78, 5) is 24.4. The van der Waals surface area contributed by atoms with Crippen molar-refractivity contribution in [2.75, 3.05) is 17.1 Å². The third kappa shape index (κ3) is 14.3. The number of phenols is 1. The summed E-state index contributed by atoms with van der Waals surface area (Å²) >= 11 is 1.30. The Morgan fingerprint density at radius 1 is 0.855 bits per heavy atom. The number of aromatic amines is 1. The zero-order valence-electron chi connectivity index (χ0n) is 32.2. The summed E-state index contributed by atoms with van der Waals surface area (Å²) in [5.74, 6) is -0.796. The molecule has 1 heterocycles. The summed E-state index contributed by atoms with van der Waals surface area (Å²) in [6, 6.07) is 13.3. The Kier molecular flexibility index (Phi) is 18.0. The van der Waals surface area contributed by atoms with Crippen molar-refractivity contribution >= 4 is 50.1 Å². The minimum Gasteiger partial charge on any atom is -0.506 e. The first kappa shape index (κ1) is 43.4. The summed E-state index contributed by atoms with van der Waals surface area (Å²) in [5.41, 5.74) is 6.39. The van der Waals surface area contributed by atoms with Gasteiger partial charge in [-0.1, -0.05) is 133 Å². The van der Waals surface area contributed by atoms with E-state index in [0.29, 0.717) is 41.1 Å². The lowest BCUT2D eigenvalue weighted by Gasteiger charge is -2.17. The molecule has 0 spiro atoms. The van der Waals surface area contributed by atoms with E-state index in [0.717, 1.165) is 24.8 Å². The molecule has 0 saturated carbocycles. The maximum Gasteiger partial charge on any atom is 0.360 e. The fourth-order valence-electron chi connectivity index (χ4n) is 6.22. The van der Waals surface area contributed by atoms with Crippen molar-refractivity contribution in [2.24, 2.45) is 5.73 Å². The molecule has 0 bridgehead atoms. The van der Waals surface area contributed by atoms with Crippen LogP contribution in [0.15, 0.2) is 53.7 Å². The molecule has 1 aromatic heterocycles. The second kappa shape index (κ2) is 22.9. The SMILES string of the molecule is CCCCCCCCCCCCCCCCS(=O)(=O)Nc1cc(CSc2nn[nH][n+]2CC(=O)OCCC)ccc1Oc1cc(C(N)=O)c(O)c2ccccc12. The number of benzene rings is 3. The van der Waals surface area contributed by atoms with Crippen LogP contribution in [0.3, 0.4) is 0 Å². The van der Waals surface area contributed by atoms with E-state index in [1.165, 1.54) is 86.7 Å². The number of primary amides is 1. The van der Waals surface area contributed by atoms with Crippen LogP contribution in [0.5, 0.6) is 17.2 Å². The number of ether oxygens (including phenoxy) is 2. The minimum absolute atomic E-state index is 0.0511. The summed E-state index contributed by atoms with van der Waals surface area (Å²) in [6.07, 6.45) is 17.1. The highest BCUT2D eigenvalue weighted by Gasteiger charge is 2.22. The van der Waals surface area contributed by atoms with Crippen LogP contribution in [0.25, 0.3) is 10.8 Å². The summed E-state index contributed by atoms with van der Waals surface area (Å²) in [7, 11) is -3.77. The molecular weight excluding hydrogens is 741 g/mol. The first-order valence-electron chi connectivity index (χ1n) is 19.6. The number of nitrogens with one attached hydrogen (secondary N) is 2. The topological polar surface area (TPSA) is 190 Å². The van der Waals surface area contributed by atoms with E-state index >= 15 is 0 Å². The number of sulfonamides is 1. The molecule has 3 aromatic carbocycles. The molecule has 15 heteroatoms. The van der Waals surface area contributed by atoms with Gasteiger partial charge in [0.15, 0.2) is 17.5 Å². The standard InChI is InChI=1S/C40H56N6O7S2/c1-3-5-6-7-8-9-10-11-12-13-14-15-16-19-25-55(50,51)43-34-26-30(29-54-40-42-44-45-46(40)28-37(47)52-24-4-2)22-23-35(34)53-36-27-33(39(41)49)38(48)32-21-18-17-20-31(32)36/h17-18,20-23,26-27,43H,3-16,19,24-25,28-29H2,1-2H3,(H3,41,48,49)/p+1. The Morgan fingerprint density at radius 3 is 2.13 bits per heavy atom. The lowest BCUT2D eigenvalue weighted by Crippen LogP contribution is -2.42. The number of hydrogen-bond acceptors (Lipinski definition) is 10. The number of amides is 1. The average Bonchev–Trinajstić information content (AvgIpc) is 3.61. The molecular formula is C40H57N6O7S2+. The number of hydrogen-bond donors (Lipinski definition) is 4. The smallest absolute Gasteiger partial charge is 0.360 e. The third-order valence-electron chi connectivity index (χ3n) is 9.19. The molecule has 4 aromatic rings. The number of thioether (sulfide) groups is 1. The number of fused-ring (bicyclic) bond motifs is 1. The van der Waals surface area contributed by atoms with Crippen LogP contribution in [0.2, 0.25) is 0 Å². The van der Waals surface area contributed by atoms with Gasteiger partial charge in [-0.25, -0.2) is 13.2 Å². The molecule has 55 heavy (non-hydrogen) atoms. The van der Waals surface area contributed by atoms with Gasteiger partial charge in [0.1, 0.15) is 16.6 Å². The summed E-state index contributed by atoms with van der Waals surface area (Å²) < 4.78 is 42.6. The van der Waals surface area contributed by atoms with Gasteiger partial charge in [-0.05, 0) is 48.4 Å². The second-order valence-corrected chi connectivity index (χ2v) is 16.6. The van der Waals surface area contributed by atoms with Crippen LogP contribution in [0, 0.1) is 0 Å². The molecule has 0 aliphatic carbocycles. The van der Waals surface area contributed by atoms with Gasteiger partial charge in [0.25, 0.3) is 5.91 Å². The molecule has 0 unspecified atom stereocenters. The summed E-state index contributed by atoms with van der Waals surface area (Å²) in [6.45, 7) is 4.39. The van der Waals surface area contributed by atoms with Crippen molar-refractivity contribution in [1.29, 1.82) is 0 Å². The minimum atomic E-state index is -3.77. The Balaban J connectivity index is 1.42. The van der Waals surface area contributed by atoms with Gasteiger partial charge in [-0.3, -0.25) is 9.52 Å². The predicted octanol–water partition coefficient (Wildman–Crippen LogP) is 8.31. The number of nitrogens with zero attached hydrogens (tertiary/aromatic N) is 3. The van der Waals surface area contributed by atoms with E-state index in [1.807, 2.05) is 6.92 Å². The number of carbonyl (C=O) groups is 2. The monoisotopic (exact) mass is 797 g/mol. The molecule has 0 fully saturated rings. The Morgan fingerprint density at radius 2 is 1.49 bits per heavy atom. The Bertz CT molecular complexity index is 1940. The van der Waals surface area contributed by atoms with E-state index < -0.39 is 21.9 Å². The number of aromatic hydroxyl groups is 1. The van der Waals surface area contributed by atoms with E-state index in [2.05, 4.69) is 27.2 Å². The molecule has 13 nitrogen and oxygen atoms in total. The van der Waals surface area contributed by atoms with Gasteiger partial charge in [-0.2, -0.15) is 0 Å². The number of nitrogens with two attached hydrogens (primary N) is 1. The van der Waals surface area contributed by atoms with Crippen molar-refractivity contribution in [2.45, 2.75) is 128 Å². The van der Waals surface area contributed by atoms with Crippen molar-refractivity contribution in [3.63, 3.8) is 0 Å². The zero-order chi connectivity index (χ0) is 39.5. The van der Waals surface area contributed by atoms with Gasteiger partial charge in [0, 0.05) is 16.5 Å². The van der Waals surface area contributed by atoms with Gasteiger partial charge >= 0.3 is 11.1 Å². The molecule has 300 valence electrons. The number of tetrazole rings is 1. The number of unbranched alkanes of at least 4 members (excludes halogenated alkanes) is 13. The number of aromatic nitrogens is 4. The molecule has 0 aliphatic rings. The number of rotatable bonds is 27. The van der Waals surface area contributed by atoms with Crippen molar-refractivity contribution in [1.82, 2.24) is 15.5 Å². The number of anilines is 1. The van der Waals surface area contributed by atoms with Crippen molar-refractivity contribution in [3.05, 3.63) is 59.7 Å². The molecule has 1 amide bonds. The van der Waals surface area contributed by atoms with Crippen LogP contribution in [0.1, 0.15) is 126 Å². The fraction of sp³-hybridized carbons (Fsp3) is 0.525. The number of H-pyrrole nitrogens is 1. The van der Waals surface area contributed by atoms with Crippen LogP contribution in [-0.4, -0.2) is 53.3 Å². The Labute approximate surface area is 329 Å². The maximum atomic E-state index is 13.5. The van der Waals surface area contributed by atoms with E-state index in [-0.39, 0.29) is 40.8 Å². The van der Waals surface area contributed by atoms with Gasteiger partial charge < -0.3 is 20.3 Å². The normalized spacial score (nSPS) is 11.5. The predicted molar refractivity (Wildman–Crippen MR) is 216 cm³/mol. The average molecular weight is 798 g/mol. The van der Waals surface area contributed by atoms with Crippen LogP contribution in [-0.2, 0) is 31.9 Å². The fourth-order valence-corrected chi connectivity index (χ4v) is 8.24. The van der Waals surface area contributed by atoms with Crippen LogP contribution in [0.4, 0.5) is 5.69 Å². The van der Waals surface area contributed by atoms with Crippen molar-refractivity contribution < 1.29 is 37.3 Å². The highest BCUT2D eigenvalue weighted by Crippen LogP contribution is 2.40.